The fourth-order valence-electron chi connectivity index (χ4n) is 0.873. The molecule has 1 aliphatic heterocycles. The molecule has 10 heavy (non-hydrogen) atoms. The zero-order chi connectivity index (χ0) is 6.97. The molecule has 0 aliphatic carbocycles. The van der Waals surface area contributed by atoms with Crippen molar-refractivity contribution in [1.82, 2.24) is 4.98 Å². The smallest absolute Gasteiger partial charge is 0.190 e. The van der Waals surface area contributed by atoms with Gasteiger partial charge in [-0.15, -0.1) is 0 Å². The molecule has 2 heterocycles. The van der Waals surface area contributed by atoms with E-state index >= 15 is 0 Å². The first kappa shape index (κ1) is 5.29. The highest BCUT2D eigenvalue weighted by Crippen LogP contribution is 2.30. The Bertz CT molecular complexity index is 256. The van der Waals surface area contributed by atoms with Gasteiger partial charge in [-0.25, -0.2) is 0 Å². The van der Waals surface area contributed by atoms with E-state index in [1.54, 1.807) is 12.4 Å². The van der Waals surface area contributed by atoms with Gasteiger partial charge in [-0.2, -0.15) is 0 Å². The molecule has 1 aromatic rings. The average molecular weight is 134 g/mol. The van der Waals surface area contributed by atoms with Gasteiger partial charge in [0, 0.05) is 6.20 Å². The summed E-state index contributed by atoms with van der Waals surface area (Å²) in [6.45, 7) is 3.61. The van der Waals surface area contributed by atoms with Crippen LogP contribution in [-0.4, -0.2) is 4.98 Å². The molecule has 1 aromatic heterocycles. The van der Waals surface area contributed by atoms with Gasteiger partial charge < -0.3 is 10.1 Å². The van der Waals surface area contributed by atoms with E-state index in [1.165, 1.54) is 0 Å². The van der Waals surface area contributed by atoms with Crippen LogP contribution >= 0.6 is 0 Å². The summed E-state index contributed by atoms with van der Waals surface area (Å²) in [5, 5.41) is 2.94. The van der Waals surface area contributed by atoms with Gasteiger partial charge in [0.05, 0.1) is 11.9 Å². The third kappa shape index (κ3) is 0.639. The number of hydrogen-bond donors (Lipinski definition) is 1. The molecule has 3 nitrogen and oxygen atoms in total. The van der Waals surface area contributed by atoms with Crippen LogP contribution in [0.1, 0.15) is 0 Å². The molecule has 0 amide bonds. The van der Waals surface area contributed by atoms with Gasteiger partial charge in [0.15, 0.2) is 11.6 Å². The van der Waals surface area contributed by atoms with Crippen LogP contribution in [0.3, 0.4) is 0 Å². The van der Waals surface area contributed by atoms with Crippen LogP contribution in [0.15, 0.2) is 30.9 Å². The summed E-state index contributed by atoms with van der Waals surface area (Å²) in [4.78, 5) is 3.88. The first-order chi connectivity index (χ1) is 4.86. The minimum atomic E-state index is 0.558. The van der Waals surface area contributed by atoms with Crippen LogP contribution < -0.4 is 10.1 Å². The molecule has 0 spiro atoms. The van der Waals surface area contributed by atoms with E-state index in [2.05, 4.69) is 16.9 Å². The maximum absolute atomic E-state index is 5.14. The Morgan fingerprint density at radius 3 is 3.30 bits per heavy atom. The Balaban J connectivity index is 2.51. The Kier molecular flexibility index (Phi) is 0.917. The molecule has 0 saturated heterocycles. The average Bonchev–Trinajstić information content (AvgIpc) is 2.27. The molecule has 0 aromatic carbocycles. The Morgan fingerprint density at radius 2 is 2.50 bits per heavy atom. The summed E-state index contributed by atoms with van der Waals surface area (Å²) in [6.07, 6.45) is 3.36. The van der Waals surface area contributed by atoms with Crippen molar-refractivity contribution in [1.29, 1.82) is 0 Å². The van der Waals surface area contributed by atoms with Crippen LogP contribution in [0.4, 0.5) is 5.69 Å². The van der Waals surface area contributed by atoms with E-state index in [-0.39, 0.29) is 0 Å². The molecule has 1 aliphatic rings. The van der Waals surface area contributed by atoms with Crippen molar-refractivity contribution in [3.63, 3.8) is 0 Å². The number of rotatable bonds is 0. The monoisotopic (exact) mass is 134 g/mol. The second-order valence-electron chi connectivity index (χ2n) is 2.02. The van der Waals surface area contributed by atoms with Crippen LogP contribution in [0.25, 0.3) is 0 Å². The lowest BCUT2D eigenvalue weighted by Crippen LogP contribution is -1.92. The van der Waals surface area contributed by atoms with E-state index in [9.17, 15) is 0 Å². The fourth-order valence-corrected chi connectivity index (χ4v) is 0.873. The summed E-state index contributed by atoms with van der Waals surface area (Å²) < 4.78 is 5.14. The van der Waals surface area contributed by atoms with Gasteiger partial charge >= 0.3 is 0 Å². The zero-order valence-corrected chi connectivity index (χ0v) is 5.29. The fraction of sp³-hybridized carbons (Fsp3) is 0. The van der Waals surface area contributed by atoms with E-state index in [1.807, 2.05) is 6.07 Å². The van der Waals surface area contributed by atoms with E-state index in [4.69, 9.17) is 4.74 Å². The topological polar surface area (TPSA) is 34.2 Å². The van der Waals surface area contributed by atoms with E-state index < -0.39 is 0 Å². The molecule has 1 N–H and O–H groups in total. The molecule has 0 radical (unpaired) electrons. The van der Waals surface area contributed by atoms with Crippen molar-refractivity contribution in [3.8, 4) is 5.75 Å². The molecule has 0 saturated carbocycles. The third-order valence-electron chi connectivity index (χ3n) is 1.29. The largest absolute Gasteiger partial charge is 0.438 e. The van der Waals surface area contributed by atoms with E-state index in [0.717, 1.165) is 11.4 Å². The second kappa shape index (κ2) is 1.73. The summed E-state index contributed by atoms with van der Waals surface area (Å²) >= 11 is 0. The number of anilines is 1. The molecular weight excluding hydrogens is 128 g/mol. The maximum atomic E-state index is 5.14. The lowest BCUT2D eigenvalue weighted by molar-refractivity contribution is 0.458. The molecule has 0 bridgehead atoms. The zero-order valence-electron chi connectivity index (χ0n) is 5.29. The minimum absolute atomic E-state index is 0.558. The van der Waals surface area contributed by atoms with Crippen LogP contribution in [0, 0.1) is 0 Å². The molecule has 0 fully saturated rings. The number of nitrogens with zero attached hydrogens (tertiary/aromatic N) is 1. The predicted molar refractivity (Wildman–Crippen MR) is 37.6 cm³/mol. The number of aromatic nitrogens is 1. The molecule has 50 valence electrons. The first-order valence-electron chi connectivity index (χ1n) is 2.94. The van der Waals surface area contributed by atoms with Gasteiger partial charge in [0.2, 0.25) is 0 Å². The van der Waals surface area contributed by atoms with Crippen molar-refractivity contribution in [2.45, 2.75) is 0 Å². The van der Waals surface area contributed by atoms with Crippen molar-refractivity contribution in [2.24, 2.45) is 0 Å². The van der Waals surface area contributed by atoms with Crippen molar-refractivity contribution in [2.75, 3.05) is 5.32 Å². The maximum Gasteiger partial charge on any atom is 0.190 e. The molecule has 0 unspecified atom stereocenters. The minimum Gasteiger partial charge on any atom is -0.438 e. The van der Waals surface area contributed by atoms with Crippen LogP contribution in [-0.2, 0) is 0 Å². The standard InChI is InChI=1S/C7H6N2O/c1-5-9-6-2-3-8-4-7(6)10-5/h2-4,9H,1H2. The number of hydrogen-bond acceptors (Lipinski definition) is 3. The number of nitrogens with one attached hydrogen (secondary N) is 1. The highest BCUT2D eigenvalue weighted by atomic mass is 16.5. The Hall–Kier alpha value is -1.51. The van der Waals surface area contributed by atoms with Crippen molar-refractivity contribution >= 4 is 5.69 Å². The number of ether oxygens (including phenoxy) is 1. The van der Waals surface area contributed by atoms with Gasteiger partial charge in [-0.05, 0) is 12.6 Å². The lowest BCUT2D eigenvalue weighted by Gasteiger charge is -1.90. The lowest BCUT2D eigenvalue weighted by atomic mass is 10.4. The highest BCUT2D eigenvalue weighted by Gasteiger charge is 2.12. The summed E-state index contributed by atoms with van der Waals surface area (Å²) in [5.74, 6) is 1.30. The van der Waals surface area contributed by atoms with Gasteiger partial charge in [0.1, 0.15) is 0 Å². The third-order valence-corrected chi connectivity index (χ3v) is 1.29. The quantitative estimate of drug-likeness (QED) is 0.581. The summed E-state index contributed by atoms with van der Waals surface area (Å²) in [6, 6.07) is 1.84. The van der Waals surface area contributed by atoms with Crippen molar-refractivity contribution in [3.05, 3.63) is 30.9 Å². The van der Waals surface area contributed by atoms with Gasteiger partial charge in [-0.1, -0.05) is 0 Å². The Morgan fingerprint density at radius 1 is 1.60 bits per heavy atom. The summed E-state index contributed by atoms with van der Waals surface area (Å²) in [5.41, 5.74) is 0.931. The Labute approximate surface area is 58.3 Å². The second-order valence-corrected chi connectivity index (χ2v) is 2.02. The van der Waals surface area contributed by atoms with Crippen LogP contribution in [0.2, 0.25) is 0 Å². The SMILES string of the molecule is C=C1Nc2ccncc2O1. The number of fused-ring (bicyclic) bond motifs is 1. The van der Waals surface area contributed by atoms with Crippen LogP contribution in [0.5, 0.6) is 5.75 Å². The number of pyridine rings is 1. The first-order valence-corrected chi connectivity index (χ1v) is 2.94. The van der Waals surface area contributed by atoms with Crippen molar-refractivity contribution < 1.29 is 4.74 Å². The van der Waals surface area contributed by atoms with E-state index in [0.29, 0.717) is 5.88 Å². The highest BCUT2D eigenvalue weighted by molar-refractivity contribution is 5.61. The normalized spacial score (nSPS) is 13.8. The predicted octanol–water partition coefficient (Wildman–Crippen LogP) is 1.36. The molecule has 3 heteroatoms. The molecule has 2 rings (SSSR count). The molecule has 0 atom stereocenters. The van der Waals surface area contributed by atoms with Gasteiger partial charge in [0.25, 0.3) is 0 Å². The summed E-state index contributed by atoms with van der Waals surface area (Å²) in [7, 11) is 0. The van der Waals surface area contributed by atoms with Gasteiger partial charge in [-0.3, -0.25) is 4.98 Å². The molecular formula is C7H6N2O.